The molecule has 4 heteroatoms. The Morgan fingerprint density at radius 3 is 1.51 bits per heavy atom. The fourth-order valence-electron chi connectivity index (χ4n) is 10.9. The summed E-state index contributed by atoms with van der Waals surface area (Å²) in [6.45, 7) is 4.63. The molecule has 3 aliphatic carbocycles. The predicted molar refractivity (Wildman–Crippen MR) is 237 cm³/mol. The van der Waals surface area contributed by atoms with E-state index < -0.39 is 5.41 Å². The van der Waals surface area contributed by atoms with Crippen molar-refractivity contribution in [2.24, 2.45) is 0 Å². The molecule has 13 rings (SSSR count). The zero-order valence-electron chi connectivity index (χ0n) is 32.5. The Kier molecular flexibility index (Phi) is 6.41. The van der Waals surface area contributed by atoms with Crippen molar-refractivity contribution in [2.45, 2.75) is 24.7 Å². The Hall–Kier alpha value is -7.43. The Balaban J connectivity index is 1.15. The van der Waals surface area contributed by atoms with Gasteiger partial charge in [-0.3, -0.25) is 0 Å². The summed E-state index contributed by atoms with van der Waals surface area (Å²) in [5.74, 6) is 1.84. The summed E-state index contributed by atoms with van der Waals surface area (Å²) < 4.78 is 6.65. The van der Waals surface area contributed by atoms with Crippen LogP contribution in [0.2, 0.25) is 0 Å². The molecule has 0 N–H and O–H groups in total. The number of rotatable bonds is 3. The Morgan fingerprint density at radius 1 is 0.356 bits per heavy atom. The highest BCUT2D eigenvalue weighted by Gasteiger charge is 2.53. The minimum Gasteiger partial charge on any atom is -0.455 e. The number of hydrogen-bond donors (Lipinski definition) is 0. The van der Waals surface area contributed by atoms with Crippen LogP contribution in [0.25, 0.3) is 89.5 Å². The van der Waals surface area contributed by atoms with Gasteiger partial charge in [0.1, 0.15) is 11.2 Å². The standard InChI is InChI=1S/C55H35N3O/c1-54(2)42-26-8-6-20-38(42)48-39(23-15-30-46(48)54)51-56-52(58-53(57-51)41-25-14-22-37-35-19-7-12-31-47(35)59-50(37)41)40-24-13-21-36-34-18-5-11-29-45(34)55(49(36)40)43-27-9-3-16-32(43)33-17-4-10-28-44(33)55/h3-31H,1-2H3. The smallest absolute Gasteiger partial charge is 0.167 e. The summed E-state index contributed by atoms with van der Waals surface area (Å²) in [5, 5.41) is 2.10. The van der Waals surface area contributed by atoms with Crippen LogP contribution in [0.5, 0.6) is 0 Å². The van der Waals surface area contributed by atoms with Crippen molar-refractivity contribution in [3.05, 3.63) is 209 Å². The van der Waals surface area contributed by atoms with E-state index in [1.54, 1.807) is 0 Å². The lowest BCUT2D eigenvalue weighted by atomic mass is 9.69. The maximum absolute atomic E-state index is 6.65. The maximum atomic E-state index is 6.65. The summed E-state index contributed by atoms with van der Waals surface area (Å²) in [4.78, 5) is 16.5. The average Bonchev–Trinajstić information content (AvgIpc) is 3.99. The number of hydrogen-bond acceptors (Lipinski definition) is 4. The first-order valence-corrected chi connectivity index (χ1v) is 20.4. The van der Waals surface area contributed by atoms with Gasteiger partial charge in [0.25, 0.3) is 0 Å². The zero-order valence-corrected chi connectivity index (χ0v) is 32.5. The molecule has 0 saturated carbocycles. The van der Waals surface area contributed by atoms with Gasteiger partial charge in [0.15, 0.2) is 17.5 Å². The number of aromatic nitrogens is 3. The molecular formula is C55H35N3O. The summed E-state index contributed by atoms with van der Waals surface area (Å²) in [7, 11) is 0. The van der Waals surface area contributed by atoms with Gasteiger partial charge in [0.2, 0.25) is 0 Å². The number of fused-ring (bicyclic) bond motifs is 16. The molecule has 276 valence electrons. The van der Waals surface area contributed by atoms with Crippen LogP contribution in [0, 0.1) is 0 Å². The van der Waals surface area contributed by atoms with Crippen molar-refractivity contribution in [2.75, 3.05) is 0 Å². The maximum Gasteiger partial charge on any atom is 0.167 e. The highest BCUT2D eigenvalue weighted by atomic mass is 16.3. The molecule has 8 aromatic carbocycles. The third-order valence-electron chi connectivity index (χ3n) is 13.4. The van der Waals surface area contributed by atoms with E-state index in [0.29, 0.717) is 17.5 Å². The second-order valence-corrected chi connectivity index (χ2v) is 16.6. The van der Waals surface area contributed by atoms with Crippen molar-refractivity contribution >= 4 is 21.9 Å². The van der Waals surface area contributed by atoms with E-state index in [2.05, 4.69) is 178 Å². The number of nitrogens with zero attached hydrogens (tertiary/aromatic N) is 3. The minimum atomic E-state index is -0.571. The van der Waals surface area contributed by atoms with E-state index in [9.17, 15) is 0 Å². The highest BCUT2D eigenvalue weighted by molar-refractivity contribution is 6.09. The van der Waals surface area contributed by atoms with Gasteiger partial charge in [-0.25, -0.2) is 15.0 Å². The highest BCUT2D eigenvalue weighted by Crippen LogP contribution is 2.64. The normalized spacial score (nSPS) is 14.5. The van der Waals surface area contributed by atoms with Crippen LogP contribution < -0.4 is 0 Å². The van der Waals surface area contributed by atoms with Crippen LogP contribution in [0.4, 0.5) is 0 Å². The quantitative estimate of drug-likeness (QED) is 0.180. The van der Waals surface area contributed by atoms with Crippen molar-refractivity contribution in [1.82, 2.24) is 15.0 Å². The SMILES string of the molecule is CC1(C)c2ccccc2-c2c(-c3nc(-c4cccc5c4C4(c6ccccc6-c6ccccc64)c4ccccc4-5)nc(-c4cccc5c4oc4ccccc45)n3)cccc21. The van der Waals surface area contributed by atoms with Gasteiger partial charge in [-0.15, -0.1) is 0 Å². The number of para-hydroxylation sites is 2. The summed E-state index contributed by atoms with van der Waals surface area (Å²) >= 11 is 0. The lowest BCUT2D eigenvalue weighted by Gasteiger charge is -2.31. The van der Waals surface area contributed by atoms with Crippen molar-refractivity contribution in [3.63, 3.8) is 0 Å². The molecular weight excluding hydrogens is 719 g/mol. The molecule has 0 fully saturated rings. The second kappa shape index (κ2) is 11.6. The molecule has 59 heavy (non-hydrogen) atoms. The van der Waals surface area contributed by atoms with Crippen LogP contribution in [0.1, 0.15) is 47.2 Å². The van der Waals surface area contributed by atoms with Gasteiger partial charge in [0.05, 0.1) is 11.0 Å². The van der Waals surface area contributed by atoms with Crippen molar-refractivity contribution in [1.29, 1.82) is 0 Å². The first-order chi connectivity index (χ1) is 29.0. The van der Waals surface area contributed by atoms with E-state index >= 15 is 0 Å². The Bertz CT molecular complexity index is 3380. The summed E-state index contributed by atoms with van der Waals surface area (Å²) in [6, 6.07) is 63.3. The topological polar surface area (TPSA) is 51.8 Å². The first-order valence-electron chi connectivity index (χ1n) is 20.4. The van der Waals surface area contributed by atoms with E-state index in [1.165, 1.54) is 66.8 Å². The molecule has 0 atom stereocenters. The predicted octanol–water partition coefficient (Wildman–Crippen LogP) is 13.4. The fourth-order valence-corrected chi connectivity index (χ4v) is 10.9. The zero-order chi connectivity index (χ0) is 39.0. The molecule has 3 aliphatic rings. The molecule has 0 amide bonds. The van der Waals surface area contributed by atoms with Crippen LogP contribution in [-0.2, 0) is 10.8 Å². The average molecular weight is 754 g/mol. The minimum absolute atomic E-state index is 0.178. The van der Waals surface area contributed by atoms with E-state index in [0.717, 1.165) is 38.6 Å². The van der Waals surface area contributed by atoms with Crippen LogP contribution in [0.3, 0.4) is 0 Å². The summed E-state index contributed by atoms with van der Waals surface area (Å²) in [5.41, 5.74) is 18.6. The van der Waals surface area contributed by atoms with E-state index in [-0.39, 0.29) is 5.41 Å². The van der Waals surface area contributed by atoms with Crippen LogP contribution >= 0.6 is 0 Å². The summed E-state index contributed by atoms with van der Waals surface area (Å²) in [6.07, 6.45) is 0. The molecule has 0 unspecified atom stereocenters. The molecule has 4 nitrogen and oxygen atoms in total. The first kappa shape index (κ1) is 32.6. The van der Waals surface area contributed by atoms with Gasteiger partial charge in [-0.05, 0) is 78.9 Å². The van der Waals surface area contributed by atoms with Gasteiger partial charge in [-0.2, -0.15) is 0 Å². The lowest BCUT2D eigenvalue weighted by Crippen LogP contribution is -2.26. The lowest BCUT2D eigenvalue weighted by molar-refractivity contribution is 0.660. The van der Waals surface area contributed by atoms with Gasteiger partial charge >= 0.3 is 0 Å². The number of furan rings is 1. The third-order valence-corrected chi connectivity index (χ3v) is 13.4. The molecule has 0 aliphatic heterocycles. The molecule has 0 saturated heterocycles. The molecule has 10 aromatic rings. The molecule has 0 bridgehead atoms. The molecule has 0 radical (unpaired) electrons. The van der Waals surface area contributed by atoms with Crippen LogP contribution in [-0.4, -0.2) is 15.0 Å². The third kappa shape index (κ3) is 4.15. The van der Waals surface area contributed by atoms with Gasteiger partial charge in [0, 0.05) is 27.3 Å². The second-order valence-electron chi connectivity index (χ2n) is 16.6. The van der Waals surface area contributed by atoms with E-state index in [4.69, 9.17) is 19.4 Å². The largest absolute Gasteiger partial charge is 0.455 e. The monoisotopic (exact) mass is 753 g/mol. The Labute approximate surface area is 341 Å². The number of benzene rings is 8. The van der Waals surface area contributed by atoms with Crippen LogP contribution in [0.15, 0.2) is 180 Å². The molecule has 2 heterocycles. The van der Waals surface area contributed by atoms with E-state index in [1.807, 2.05) is 12.1 Å². The van der Waals surface area contributed by atoms with Crippen molar-refractivity contribution in [3.8, 4) is 67.5 Å². The molecule has 2 aromatic heterocycles. The Morgan fingerprint density at radius 2 is 0.797 bits per heavy atom. The van der Waals surface area contributed by atoms with Gasteiger partial charge < -0.3 is 4.42 Å². The van der Waals surface area contributed by atoms with Gasteiger partial charge in [-0.1, -0.05) is 178 Å². The fraction of sp³-hybridized carbons (Fsp3) is 0.0727. The van der Waals surface area contributed by atoms with Crippen molar-refractivity contribution < 1.29 is 4.42 Å². The molecule has 1 spiro atoms.